The van der Waals surface area contributed by atoms with Gasteiger partial charge in [-0.1, -0.05) is 6.07 Å². The molecule has 1 saturated carbocycles. The van der Waals surface area contributed by atoms with Crippen LogP contribution in [0.2, 0.25) is 0 Å². The monoisotopic (exact) mass is 284 g/mol. The van der Waals surface area contributed by atoms with Crippen molar-refractivity contribution >= 4 is 0 Å². The van der Waals surface area contributed by atoms with Gasteiger partial charge in [0.2, 0.25) is 5.88 Å². The Morgan fingerprint density at radius 2 is 2.00 bits per heavy atom. The number of aromatic nitrogens is 1. The molecule has 0 saturated heterocycles. The first-order chi connectivity index (χ1) is 10.3. The van der Waals surface area contributed by atoms with Gasteiger partial charge in [0.05, 0.1) is 14.2 Å². The van der Waals surface area contributed by atoms with E-state index in [1.54, 1.807) is 20.4 Å². The number of pyridine rings is 1. The first-order valence-corrected chi connectivity index (χ1v) is 7.21. The number of benzene rings is 1. The van der Waals surface area contributed by atoms with Crippen LogP contribution in [0.5, 0.6) is 11.6 Å². The van der Waals surface area contributed by atoms with Crippen LogP contribution in [0.3, 0.4) is 0 Å². The Bertz CT molecular complexity index is 624. The third-order valence-electron chi connectivity index (χ3n) is 3.73. The highest BCUT2D eigenvalue weighted by Gasteiger charge is 2.20. The predicted octanol–water partition coefficient (Wildman–Crippen LogP) is 3.02. The first kappa shape index (κ1) is 13.9. The van der Waals surface area contributed by atoms with Gasteiger partial charge in [-0.15, -0.1) is 0 Å². The van der Waals surface area contributed by atoms with E-state index < -0.39 is 0 Å². The fraction of sp³-hybridized carbons (Fsp3) is 0.353. The molecule has 1 heterocycles. The minimum atomic E-state index is 0.629. The molecule has 3 rings (SSSR count). The number of hydrogen-bond acceptors (Lipinski definition) is 4. The fourth-order valence-electron chi connectivity index (χ4n) is 2.36. The molecule has 0 atom stereocenters. The summed E-state index contributed by atoms with van der Waals surface area (Å²) in [5, 5.41) is 3.56. The van der Waals surface area contributed by atoms with E-state index in [4.69, 9.17) is 9.47 Å². The summed E-state index contributed by atoms with van der Waals surface area (Å²) in [4.78, 5) is 4.17. The second kappa shape index (κ2) is 6.14. The van der Waals surface area contributed by atoms with Crippen molar-refractivity contribution in [3.8, 4) is 22.8 Å². The molecule has 0 unspecified atom stereocenters. The zero-order valence-electron chi connectivity index (χ0n) is 12.4. The minimum Gasteiger partial charge on any atom is -0.497 e. The fourth-order valence-corrected chi connectivity index (χ4v) is 2.36. The van der Waals surface area contributed by atoms with E-state index >= 15 is 0 Å². The Kier molecular flexibility index (Phi) is 4.06. The average Bonchev–Trinajstić information content (AvgIpc) is 3.37. The zero-order valence-corrected chi connectivity index (χ0v) is 12.4. The summed E-state index contributed by atoms with van der Waals surface area (Å²) in [7, 11) is 3.33. The molecule has 4 heteroatoms. The van der Waals surface area contributed by atoms with Gasteiger partial charge in [-0.2, -0.15) is 0 Å². The van der Waals surface area contributed by atoms with Crippen molar-refractivity contribution < 1.29 is 9.47 Å². The lowest BCUT2D eigenvalue weighted by atomic mass is 10.00. The molecule has 1 aromatic heterocycles. The van der Waals surface area contributed by atoms with Gasteiger partial charge in [0, 0.05) is 24.8 Å². The smallest absolute Gasteiger partial charge is 0.213 e. The van der Waals surface area contributed by atoms with Gasteiger partial charge in [0.1, 0.15) is 5.75 Å². The summed E-state index contributed by atoms with van der Waals surface area (Å²) in [6, 6.07) is 10.8. The summed E-state index contributed by atoms with van der Waals surface area (Å²) < 4.78 is 10.6. The van der Waals surface area contributed by atoms with Crippen LogP contribution < -0.4 is 14.8 Å². The number of hydrogen-bond donors (Lipinski definition) is 1. The van der Waals surface area contributed by atoms with E-state index in [1.807, 2.05) is 18.2 Å². The average molecular weight is 284 g/mol. The summed E-state index contributed by atoms with van der Waals surface area (Å²) in [5.41, 5.74) is 3.52. The van der Waals surface area contributed by atoms with Crippen molar-refractivity contribution in [3.05, 3.63) is 42.1 Å². The zero-order chi connectivity index (χ0) is 14.7. The number of nitrogens with one attached hydrogen (secondary N) is 1. The standard InChI is InChI=1S/C17H20N2O2/c1-20-15-5-6-16(12-7-8-18-17(10-12)21-2)13(9-15)11-19-14-3-4-14/h5-10,14,19H,3-4,11H2,1-2H3. The largest absolute Gasteiger partial charge is 0.497 e. The SMILES string of the molecule is COc1ccc(-c2ccnc(OC)c2)c(CNC2CC2)c1. The van der Waals surface area contributed by atoms with Crippen molar-refractivity contribution in [2.45, 2.75) is 25.4 Å². The maximum absolute atomic E-state index is 5.35. The quantitative estimate of drug-likeness (QED) is 0.885. The number of rotatable bonds is 6. The van der Waals surface area contributed by atoms with Crippen LogP contribution >= 0.6 is 0 Å². The van der Waals surface area contributed by atoms with Crippen molar-refractivity contribution in [2.24, 2.45) is 0 Å². The van der Waals surface area contributed by atoms with E-state index in [1.165, 1.54) is 24.0 Å². The number of nitrogens with zero attached hydrogens (tertiary/aromatic N) is 1. The van der Waals surface area contributed by atoms with E-state index in [-0.39, 0.29) is 0 Å². The molecular weight excluding hydrogens is 264 g/mol. The molecule has 2 aromatic rings. The van der Waals surface area contributed by atoms with E-state index in [0.29, 0.717) is 11.9 Å². The molecule has 21 heavy (non-hydrogen) atoms. The molecule has 1 N–H and O–H groups in total. The van der Waals surface area contributed by atoms with Crippen LogP contribution in [0.25, 0.3) is 11.1 Å². The van der Waals surface area contributed by atoms with Crippen molar-refractivity contribution in [3.63, 3.8) is 0 Å². The van der Waals surface area contributed by atoms with Gasteiger partial charge in [-0.3, -0.25) is 0 Å². The van der Waals surface area contributed by atoms with Gasteiger partial charge < -0.3 is 14.8 Å². The van der Waals surface area contributed by atoms with E-state index in [9.17, 15) is 0 Å². The molecule has 0 amide bonds. The van der Waals surface area contributed by atoms with Gasteiger partial charge in [-0.05, 0) is 47.7 Å². The molecular formula is C17H20N2O2. The van der Waals surface area contributed by atoms with E-state index in [2.05, 4.69) is 22.4 Å². The summed E-state index contributed by atoms with van der Waals surface area (Å²) in [5.74, 6) is 1.51. The normalized spacial score (nSPS) is 14.0. The Morgan fingerprint density at radius 1 is 1.14 bits per heavy atom. The molecule has 1 aliphatic carbocycles. The Hall–Kier alpha value is -2.07. The molecule has 1 aromatic carbocycles. The maximum atomic E-state index is 5.35. The van der Waals surface area contributed by atoms with Gasteiger partial charge >= 0.3 is 0 Å². The van der Waals surface area contributed by atoms with Crippen LogP contribution in [-0.2, 0) is 6.54 Å². The third kappa shape index (κ3) is 3.34. The highest BCUT2D eigenvalue weighted by atomic mass is 16.5. The molecule has 4 nitrogen and oxygen atoms in total. The molecule has 110 valence electrons. The van der Waals surface area contributed by atoms with Crippen LogP contribution in [-0.4, -0.2) is 25.2 Å². The molecule has 0 radical (unpaired) electrons. The second-order valence-electron chi connectivity index (χ2n) is 5.27. The Labute approximate surface area is 125 Å². The van der Waals surface area contributed by atoms with Crippen LogP contribution in [0.15, 0.2) is 36.5 Å². The molecule has 0 spiro atoms. The van der Waals surface area contributed by atoms with Gasteiger partial charge in [0.15, 0.2) is 0 Å². The predicted molar refractivity (Wildman–Crippen MR) is 82.6 cm³/mol. The van der Waals surface area contributed by atoms with Crippen LogP contribution in [0.4, 0.5) is 0 Å². The van der Waals surface area contributed by atoms with E-state index in [0.717, 1.165) is 17.9 Å². The lowest BCUT2D eigenvalue weighted by Crippen LogP contribution is -2.16. The van der Waals surface area contributed by atoms with Crippen molar-refractivity contribution in [1.29, 1.82) is 0 Å². The summed E-state index contributed by atoms with van der Waals surface area (Å²) in [6.07, 6.45) is 4.33. The molecule has 0 aliphatic heterocycles. The van der Waals surface area contributed by atoms with Gasteiger partial charge in [-0.25, -0.2) is 4.98 Å². The Morgan fingerprint density at radius 3 is 2.71 bits per heavy atom. The highest BCUT2D eigenvalue weighted by molar-refractivity contribution is 5.69. The second-order valence-corrected chi connectivity index (χ2v) is 5.27. The molecule has 1 fully saturated rings. The summed E-state index contributed by atoms with van der Waals surface area (Å²) in [6.45, 7) is 0.849. The summed E-state index contributed by atoms with van der Waals surface area (Å²) >= 11 is 0. The molecule has 1 aliphatic rings. The van der Waals surface area contributed by atoms with Crippen LogP contribution in [0.1, 0.15) is 18.4 Å². The minimum absolute atomic E-state index is 0.629. The number of ether oxygens (including phenoxy) is 2. The Balaban J connectivity index is 1.94. The topological polar surface area (TPSA) is 43.4 Å². The molecule has 0 bridgehead atoms. The van der Waals surface area contributed by atoms with Gasteiger partial charge in [0.25, 0.3) is 0 Å². The third-order valence-corrected chi connectivity index (χ3v) is 3.73. The lowest BCUT2D eigenvalue weighted by Gasteiger charge is -2.13. The number of methoxy groups -OCH3 is 2. The lowest BCUT2D eigenvalue weighted by molar-refractivity contribution is 0.398. The van der Waals surface area contributed by atoms with Crippen molar-refractivity contribution in [1.82, 2.24) is 10.3 Å². The van der Waals surface area contributed by atoms with Crippen molar-refractivity contribution in [2.75, 3.05) is 14.2 Å². The first-order valence-electron chi connectivity index (χ1n) is 7.21. The highest BCUT2D eigenvalue weighted by Crippen LogP contribution is 2.30. The van der Waals surface area contributed by atoms with Crippen LogP contribution in [0, 0.1) is 0 Å². The maximum Gasteiger partial charge on any atom is 0.213 e.